The van der Waals surface area contributed by atoms with Gasteiger partial charge in [-0.15, -0.1) is 0 Å². The van der Waals surface area contributed by atoms with Crippen LogP contribution in [0.5, 0.6) is 0 Å². The number of nitriles is 1. The number of nitrogens with zero attached hydrogens (tertiary/aromatic N) is 3. The molecule has 7 nitrogen and oxygen atoms in total. The van der Waals surface area contributed by atoms with Gasteiger partial charge in [0.05, 0.1) is 0 Å². The van der Waals surface area contributed by atoms with E-state index < -0.39 is 11.4 Å². The molecule has 0 unspecified atom stereocenters. The number of benzene rings is 2. The second-order valence-electron chi connectivity index (χ2n) is 11.5. The number of anilines is 1. The number of carbonyl (C=O) groups excluding carboxylic acids is 1. The van der Waals surface area contributed by atoms with Crippen LogP contribution in [0.4, 0.5) is 5.69 Å². The van der Waals surface area contributed by atoms with Crippen LogP contribution in [-0.4, -0.2) is 61.3 Å². The van der Waals surface area contributed by atoms with Gasteiger partial charge in [-0.3, -0.25) is 4.79 Å². The molecule has 39 heavy (non-hydrogen) atoms. The van der Waals surface area contributed by atoms with Gasteiger partial charge in [0.2, 0.25) is 0 Å². The van der Waals surface area contributed by atoms with Crippen molar-refractivity contribution in [3.05, 3.63) is 59.9 Å². The van der Waals surface area contributed by atoms with E-state index in [0.717, 1.165) is 43.0 Å². The van der Waals surface area contributed by atoms with Gasteiger partial charge in [0.1, 0.15) is 23.2 Å². The predicted molar refractivity (Wildman–Crippen MR) is 159 cm³/mol. The Balaban J connectivity index is 0.000000983. The molecule has 1 aromatic heterocycles. The molecule has 4 rings (SSSR count). The first kappa shape index (κ1) is 29.9. The van der Waals surface area contributed by atoms with Crippen LogP contribution in [0.2, 0.25) is 0 Å². The Morgan fingerprint density at radius 1 is 1.08 bits per heavy atom. The topological polar surface area (TPSA) is 92.7 Å². The van der Waals surface area contributed by atoms with E-state index in [-0.39, 0.29) is 12.2 Å². The number of hydrogen-bond donors (Lipinski definition) is 2. The molecule has 208 valence electrons. The van der Waals surface area contributed by atoms with Crippen LogP contribution < -0.4 is 10.2 Å². The molecule has 7 heteroatoms. The van der Waals surface area contributed by atoms with Crippen molar-refractivity contribution in [2.75, 3.05) is 44.7 Å². The van der Waals surface area contributed by atoms with Crippen LogP contribution in [0.3, 0.4) is 0 Å². The first-order valence-electron chi connectivity index (χ1n) is 13.6. The second kappa shape index (κ2) is 13.5. The number of likely N-dealkylation sites (N-methyl/N-ethyl adjacent to an activating group) is 1. The zero-order chi connectivity index (χ0) is 28.6. The fourth-order valence-electron chi connectivity index (χ4n) is 4.24. The summed E-state index contributed by atoms with van der Waals surface area (Å²) in [6, 6.07) is 18.3. The van der Waals surface area contributed by atoms with Crippen LogP contribution in [0.1, 0.15) is 46.8 Å². The zero-order valence-corrected chi connectivity index (χ0v) is 24.1. The molecule has 0 radical (unpaired) electrons. The van der Waals surface area contributed by atoms with Crippen molar-refractivity contribution < 1.29 is 14.3 Å². The maximum Gasteiger partial charge on any atom is 0.262 e. The van der Waals surface area contributed by atoms with Gasteiger partial charge in [-0.05, 0) is 74.3 Å². The van der Waals surface area contributed by atoms with Crippen LogP contribution >= 0.6 is 0 Å². The summed E-state index contributed by atoms with van der Waals surface area (Å²) in [7, 11) is 2.16. The largest absolute Gasteiger partial charge is 0.457 e. The zero-order valence-electron chi connectivity index (χ0n) is 24.1. The van der Waals surface area contributed by atoms with E-state index in [4.69, 9.17) is 9.52 Å². The number of furan rings is 1. The highest BCUT2D eigenvalue weighted by molar-refractivity contribution is 6.01. The molecule has 0 saturated carbocycles. The van der Waals surface area contributed by atoms with Gasteiger partial charge in [-0.1, -0.05) is 39.0 Å². The molecular formula is C32H42N4O3. The summed E-state index contributed by atoms with van der Waals surface area (Å²) in [6.07, 6.45) is 1.83. The molecule has 2 N–H and O–H groups in total. The van der Waals surface area contributed by atoms with Gasteiger partial charge < -0.3 is 24.6 Å². The average molecular weight is 531 g/mol. The highest BCUT2D eigenvalue weighted by Gasteiger charge is 2.22. The van der Waals surface area contributed by atoms with Crippen LogP contribution in [-0.2, 0) is 4.79 Å². The molecule has 0 bridgehead atoms. The minimum atomic E-state index is -0.620. The monoisotopic (exact) mass is 530 g/mol. The SMILES string of the molecule is CC(C)C.CN1CCN(c2ccc3cc(-c4ccc(/C=C(\C#N)C(=O)NC(C)(C)CCO)o4)ccc3c2)CC1. The molecule has 1 saturated heterocycles. The Hall–Kier alpha value is -3.60. The molecule has 3 aromatic rings. The smallest absolute Gasteiger partial charge is 0.262 e. The van der Waals surface area contributed by atoms with Gasteiger partial charge in [-0.25, -0.2) is 0 Å². The van der Waals surface area contributed by atoms with Crippen LogP contribution in [0.15, 0.2) is 58.5 Å². The molecule has 2 heterocycles. The lowest BCUT2D eigenvalue weighted by atomic mass is 10.0. The number of aliphatic hydroxyl groups excluding tert-OH is 1. The number of amides is 1. The Kier molecular flexibility index (Phi) is 10.3. The summed E-state index contributed by atoms with van der Waals surface area (Å²) in [5.41, 5.74) is 1.50. The lowest BCUT2D eigenvalue weighted by Crippen LogP contribution is -2.44. The van der Waals surface area contributed by atoms with Crippen molar-refractivity contribution in [1.82, 2.24) is 10.2 Å². The summed E-state index contributed by atoms with van der Waals surface area (Å²) in [6.45, 7) is 14.3. The maximum atomic E-state index is 12.5. The lowest BCUT2D eigenvalue weighted by Gasteiger charge is -2.34. The van der Waals surface area contributed by atoms with Crippen molar-refractivity contribution in [3.63, 3.8) is 0 Å². The van der Waals surface area contributed by atoms with Gasteiger partial charge >= 0.3 is 0 Å². The van der Waals surface area contributed by atoms with Crippen molar-refractivity contribution in [3.8, 4) is 17.4 Å². The van der Waals surface area contributed by atoms with E-state index in [0.29, 0.717) is 17.9 Å². The third-order valence-electron chi connectivity index (χ3n) is 6.44. The number of fused-ring (bicyclic) bond motifs is 1. The third-order valence-corrected chi connectivity index (χ3v) is 6.44. The quantitative estimate of drug-likeness (QED) is 0.301. The maximum absolute atomic E-state index is 12.5. The summed E-state index contributed by atoms with van der Waals surface area (Å²) < 4.78 is 5.95. The third kappa shape index (κ3) is 8.71. The van der Waals surface area contributed by atoms with Crippen molar-refractivity contribution in [2.24, 2.45) is 5.92 Å². The lowest BCUT2D eigenvalue weighted by molar-refractivity contribution is -0.118. The average Bonchev–Trinajstić information content (AvgIpc) is 3.35. The van der Waals surface area contributed by atoms with E-state index in [9.17, 15) is 10.1 Å². The van der Waals surface area contributed by atoms with Gasteiger partial charge in [0, 0.05) is 55.7 Å². The van der Waals surface area contributed by atoms with E-state index in [1.807, 2.05) is 18.2 Å². The molecule has 1 fully saturated rings. The van der Waals surface area contributed by atoms with Crippen molar-refractivity contribution in [2.45, 2.75) is 46.6 Å². The molecule has 0 aliphatic carbocycles. The summed E-state index contributed by atoms with van der Waals surface area (Å²) in [5.74, 6) is 1.43. The van der Waals surface area contributed by atoms with Crippen molar-refractivity contribution >= 4 is 28.4 Å². The molecule has 0 spiro atoms. The Bertz CT molecular complexity index is 1320. The summed E-state index contributed by atoms with van der Waals surface area (Å²) in [5, 5.41) is 23.7. The van der Waals surface area contributed by atoms with Crippen LogP contribution in [0, 0.1) is 17.2 Å². The van der Waals surface area contributed by atoms with Gasteiger partial charge in [0.15, 0.2) is 0 Å². The molecule has 1 amide bonds. The first-order chi connectivity index (χ1) is 18.5. The number of piperazine rings is 1. The molecule has 1 aliphatic heterocycles. The second-order valence-corrected chi connectivity index (χ2v) is 11.5. The highest BCUT2D eigenvalue weighted by Crippen LogP contribution is 2.29. The number of nitrogens with one attached hydrogen (secondary N) is 1. The van der Waals surface area contributed by atoms with Crippen LogP contribution in [0.25, 0.3) is 28.2 Å². The number of rotatable bonds is 7. The minimum Gasteiger partial charge on any atom is -0.457 e. The Morgan fingerprint density at radius 3 is 2.36 bits per heavy atom. The molecule has 1 aliphatic rings. The van der Waals surface area contributed by atoms with Gasteiger partial charge in [-0.2, -0.15) is 5.26 Å². The summed E-state index contributed by atoms with van der Waals surface area (Å²) >= 11 is 0. The first-order valence-corrected chi connectivity index (χ1v) is 13.6. The predicted octanol–water partition coefficient (Wildman–Crippen LogP) is 5.70. The molecule has 2 aromatic carbocycles. The van der Waals surface area contributed by atoms with Gasteiger partial charge in [0.25, 0.3) is 5.91 Å². The normalized spacial score (nSPS) is 14.6. The van der Waals surface area contributed by atoms with E-state index in [2.05, 4.69) is 73.3 Å². The fraction of sp³-hybridized carbons (Fsp3) is 0.438. The van der Waals surface area contributed by atoms with E-state index >= 15 is 0 Å². The van der Waals surface area contributed by atoms with E-state index in [1.54, 1.807) is 19.9 Å². The number of hydrogen-bond acceptors (Lipinski definition) is 6. The molecule has 0 atom stereocenters. The minimum absolute atomic E-state index is 0.0492. The number of aliphatic hydroxyl groups is 1. The molecular weight excluding hydrogens is 488 g/mol. The Morgan fingerprint density at radius 2 is 1.72 bits per heavy atom. The highest BCUT2D eigenvalue weighted by atomic mass is 16.3. The van der Waals surface area contributed by atoms with Crippen molar-refractivity contribution in [1.29, 1.82) is 5.26 Å². The van der Waals surface area contributed by atoms with E-state index in [1.165, 1.54) is 17.1 Å². The fourth-order valence-corrected chi connectivity index (χ4v) is 4.24. The standard InChI is InChI=1S/C28H32N4O3.C4H10/c1-28(2,10-15-33)30-27(34)23(19-29)18-25-8-9-26(35-25)22-5-4-21-17-24(7-6-20(21)16-22)32-13-11-31(3)12-14-32;1-4(2)3/h4-9,16-18,33H,10-15H2,1-3H3,(H,30,34);4H,1-3H3/b23-18+;. The summed E-state index contributed by atoms with van der Waals surface area (Å²) in [4.78, 5) is 17.3. The number of carbonyl (C=O) groups is 1. The Labute approximate surface area is 232 Å².